The molecular weight excluding hydrogens is 380 g/mol. The lowest BCUT2D eigenvalue weighted by Gasteiger charge is -2.09. The van der Waals surface area contributed by atoms with Crippen LogP contribution in [0.5, 0.6) is 0 Å². The SMILES string of the molecule is CS(=O)(=O)c1ccc(C(=O)Nc2cccc(-c3nccs3)c2)c(Cl)c1. The fourth-order valence-corrected chi connectivity index (χ4v) is 3.82. The Labute approximate surface area is 154 Å². The Kier molecular flexibility index (Phi) is 4.89. The van der Waals surface area contributed by atoms with E-state index >= 15 is 0 Å². The van der Waals surface area contributed by atoms with Gasteiger partial charge < -0.3 is 5.32 Å². The third-order valence-electron chi connectivity index (χ3n) is 3.41. The number of thiazole rings is 1. The van der Waals surface area contributed by atoms with Crippen molar-refractivity contribution in [2.24, 2.45) is 0 Å². The first-order chi connectivity index (χ1) is 11.8. The molecular formula is C17H13ClN2O3S2. The van der Waals surface area contributed by atoms with Crippen LogP contribution in [0.4, 0.5) is 5.69 Å². The Morgan fingerprint density at radius 2 is 2.00 bits per heavy atom. The molecule has 3 rings (SSSR count). The van der Waals surface area contributed by atoms with Crippen LogP contribution in [0.2, 0.25) is 5.02 Å². The molecule has 0 radical (unpaired) electrons. The summed E-state index contributed by atoms with van der Waals surface area (Å²) in [6.07, 6.45) is 2.80. The molecule has 5 nitrogen and oxygen atoms in total. The minimum atomic E-state index is -3.38. The van der Waals surface area contributed by atoms with Crippen molar-refractivity contribution < 1.29 is 13.2 Å². The molecule has 0 aliphatic heterocycles. The van der Waals surface area contributed by atoms with E-state index in [-0.39, 0.29) is 15.5 Å². The molecule has 0 fully saturated rings. The number of benzene rings is 2. The van der Waals surface area contributed by atoms with Crippen LogP contribution in [-0.4, -0.2) is 25.6 Å². The normalized spacial score (nSPS) is 11.3. The van der Waals surface area contributed by atoms with Gasteiger partial charge in [-0.2, -0.15) is 0 Å². The molecule has 3 aromatic rings. The average molecular weight is 393 g/mol. The van der Waals surface area contributed by atoms with Gasteiger partial charge in [0.15, 0.2) is 9.84 Å². The number of rotatable bonds is 4. The Morgan fingerprint density at radius 3 is 2.64 bits per heavy atom. The molecule has 0 spiro atoms. The highest BCUT2D eigenvalue weighted by atomic mass is 35.5. The number of sulfone groups is 1. The van der Waals surface area contributed by atoms with Gasteiger partial charge in [0.1, 0.15) is 5.01 Å². The highest BCUT2D eigenvalue weighted by molar-refractivity contribution is 7.90. The molecule has 8 heteroatoms. The summed E-state index contributed by atoms with van der Waals surface area (Å²) in [5.74, 6) is -0.415. The van der Waals surface area contributed by atoms with E-state index in [1.807, 2.05) is 23.6 Å². The van der Waals surface area contributed by atoms with Gasteiger partial charge in [-0.25, -0.2) is 13.4 Å². The number of carbonyl (C=O) groups is 1. The van der Waals surface area contributed by atoms with E-state index in [4.69, 9.17) is 11.6 Å². The Morgan fingerprint density at radius 1 is 1.20 bits per heavy atom. The van der Waals surface area contributed by atoms with Crippen molar-refractivity contribution >= 4 is 44.4 Å². The quantitative estimate of drug-likeness (QED) is 0.724. The van der Waals surface area contributed by atoms with E-state index in [1.54, 1.807) is 12.3 Å². The van der Waals surface area contributed by atoms with Crippen LogP contribution < -0.4 is 5.32 Å². The third kappa shape index (κ3) is 4.07. The molecule has 0 atom stereocenters. The maximum absolute atomic E-state index is 12.4. The predicted molar refractivity (Wildman–Crippen MR) is 100 cm³/mol. The molecule has 1 amide bonds. The molecule has 1 N–H and O–H groups in total. The van der Waals surface area contributed by atoms with E-state index in [9.17, 15) is 13.2 Å². The Hall–Kier alpha value is -2.22. The average Bonchev–Trinajstić information content (AvgIpc) is 3.08. The zero-order valence-corrected chi connectivity index (χ0v) is 15.5. The van der Waals surface area contributed by atoms with Gasteiger partial charge in [-0.05, 0) is 30.3 Å². The van der Waals surface area contributed by atoms with Gasteiger partial charge >= 0.3 is 0 Å². The highest BCUT2D eigenvalue weighted by Crippen LogP contribution is 2.26. The van der Waals surface area contributed by atoms with E-state index in [0.29, 0.717) is 5.69 Å². The molecule has 0 aliphatic carbocycles. The van der Waals surface area contributed by atoms with Crippen molar-refractivity contribution in [3.8, 4) is 10.6 Å². The maximum atomic E-state index is 12.4. The second-order valence-electron chi connectivity index (χ2n) is 5.29. The molecule has 0 saturated heterocycles. The molecule has 1 aromatic heterocycles. The zero-order chi connectivity index (χ0) is 18.0. The number of aromatic nitrogens is 1. The fourth-order valence-electron chi connectivity index (χ4n) is 2.21. The Balaban J connectivity index is 1.85. The first-order valence-corrected chi connectivity index (χ1v) is 10.3. The second-order valence-corrected chi connectivity index (χ2v) is 8.60. The molecule has 1 heterocycles. The van der Waals surface area contributed by atoms with Gasteiger partial charge in [0.05, 0.1) is 15.5 Å². The number of nitrogens with one attached hydrogen (secondary N) is 1. The van der Waals surface area contributed by atoms with Crippen LogP contribution in [0.25, 0.3) is 10.6 Å². The van der Waals surface area contributed by atoms with Crippen LogP contribution in [0.15, 0.2) is 58.9 Å². The summed E-state index contributed by atoms with van der Waals surface area (Å²) in [5.41, 5.74) is 1.70. The summed E-state index contributed by atoms with van der Waals surface area (Å²) in [7, 11) is -3.38. The van der Waals surface area contributed by atoms with Crippen molar-refractivity contribution in [1.29, 1.82) is 0 Å². The van der Waals surface area contributed by atoms with Gasteiger partial charge in [0.2, 0.25) is 0 Å². The monoisotopic (exact) mass is 392 g/mol. The van der Waals surface area contributed by atoms with Gasteiger partial charge in [-0.3, -0.25) is 4.79 Å². The topological polar surface area (TPSA) is 76.1 Å². The van der Waals surface area contributed by atoms with Gasteiger partial charge in [0.25, 0.3) is 5.91 Å². The largest absolute Gasteiger partial charge is 0.322 e. The van der Waals surface area contributed by atoms with E-state index in [0.717, 1.165) is 16.8 Å². The highest BCUT2D eigenvalue weighted by Gasteiger charge is 2.15. The van der Waals surface area contributed by atoms with E-state index in [1.165, 1.54) is 29.5 Å². The molecule has 0 bridgehead atoms. The van der Waals surface area contributed by atoms with Gasteiger partial charge in [-0.1, -0.05) is 23.7 Å². The number of anilines is 1. The van der Waals surface area contributed by atoms with E-state index in [2.05, 4.69) is 10.3 Å². The number of halogens is 1. The van der Waals surface area contributed by atoms with E-state index < -0.39 is 15.7 Å². The third-order valence-corrected chi connectivity index (χ3v) is 5.66. The first kappa shape index (κ1) is 17.6. The van der Waals surface area contributed by atoms with Crippen molar-refractivity contribution in [3.63, 3.8) is 0 Å². The number of carbonyl (C=O) groups excluding carboxylic acids is 1. The minimum Gasteiger partial charge on any atom is -0.322 e. The molecule has 0 aliphatic rings. The lowest BCUT2D eigenvalue weighted by molar-refractivity contribution is 0.102. The summed E-state index contributed by atoms with van der Waals surface area (Å²) >= 11 is 7.58. The number of nitrogens with zero attached hydrogens (tertiary/aromatic N) is 1. The molecule has 0 saturated carbocycles. The second kappa shape index (κ2) is 6.95. The van der Waals surface area contributed by atoms with Crippen LogP contribution in [0, 0.1) is 0 Å². The van der Waals surface area contributed by atoms with Crippen LogP contribution in [0.3, 0.4) is 0 Å². The van der Waals surface area contributed by atoms with Crippen LogP contribution >= 0.6 is 22.9 Å². The van der Waals surface area contributed by atoms with Crippen molar-refractivity contribution in [2.45, 2.75) is 4.90 Å². The summed E-state index contributed by atoms with van der Waals surface area (Å²) in [6, 6.07) is 11.3. The maximum Gasteiger partial charge on any atom is 0.257 e. The first-order valence-electron chi connectivity index (χ1n) is 7.15. The summed E-state index contributed by atoms with van der Waals surface area (Å²) in [6.45, 7) is 0. The van der Waals surface area contributed by atoms with Crippen LogP contribution in [0.1, 0.15) is 10.4 Å². The standard InChI is InChI=1S/C17H13ClN2O3S2/c1-25(22,23)13-5-6-14(15(18)10-13)16(21)20-12-4-2-3-11(9-12)17-19-7-8-24-17/h2-10H,1H3,(H,20,21). The van der Waals surface area contributed by atoms with Crippen molar-refractivity contribution in [2.75, 3.05) is 11.6 Å². The van der Waals surface area contributed by atoms with Crippen LogP contribution in [-0.2, 0) is 9.84 Å². The summed E-state index contributed by atoms with van der Waals surface area (Å²) in [4.78, 5) is 16.7. The van der Waals surface area contributed by atoms with Gasteiger partial charge in [-0.15, -0.1) is 11.3 Å². The predicted octanol–water partition coefficient (Wildman–Crippen LogP) is 4.12. The molecule has 128 valence electrons. The Bertz CT molecular complexity index is 1030. The van der Waals surface area contributed by atoms with Crippen molar-refractivity contribution in [3.05, 3.63) is 64.6 Å². The lowest BCUT2D eigenvalue weighted by atomic mass is 10.1. The summed E-state index contributed by atoms with van der Waals surface area (Å²) < 4.78 is 23.1. The number of hydrogen-bond acceptors (Lipinski definition) is 5. The number of amides is 1. The lowest BCUT2D eigenvalue weighted by Crippen LogP contribution is -2.13. The zero-order valence-electron chi connectivity index (χ0n) is 13.1. The summed E-state index contributed by atoms with van der Waals surface area (Å²) in [5, 5.41) is 5.58. The van der Waals surface area contributed by atoms with Gasteiger partial charge in [0, 0.05) is 29.1 Å². The fraction of sp³-hybridized carbons (Fsp3) is 0.0588. The minimum absolute atomic E-state index is 0.0693. The molecule has 0 unspecified atom stereocenters. The molecule has 25 heavy (non-hydrogen) atoms. The van der Waals surface area contributed by atoms with Crippen molar-refractivity contribution in [1.82, 2.24) is 4.98 Å². The smallest absolute Gasteiger partial charge is 0.257 e. The molecule has 2 aromatic carbocycles. The number of hydrogen-bond donors (Lipinski definition) is 1.